The van der Waals surface area contributed by atoms with E-state index in [9.17, 15) is 4.79 Å². The van der Waals surface area contributed by atoms with E-state index in [2.05, 4.69) is 31.4 Å². The molecule has 160 valence electrons. The highest BCUT2D eigenvalue weighted by atomic mass is 127. The summed E-state index contributed by atoms with van der Waals surface area (Å²) in [4.78, 5) is 18.8. The summed E-state index contributed by atoms with van der Waals surface area (Å²) >= 11 is 0. The average molecular weight is 496 g/mol. The van der Waals surface area contributed by atoms with Crippen molar-refractivity contribution in [2.24, 2.45) is 16.8 Å². The van der Waals surface area contributed by atoms with E-state index >= 15 is 0 Å². The molecule has 1 aliphatic heterocycles. The van der Waals surface area contributed by atoms with Gasteiger partial charge in [0.15, 0.2) is 5.96 Å². The van der Waals surface area contributed by atoms with Crippen LogP contribution >= 0.6 is 24.0 Å². The van der Waals surface area contributed by atoms with Crippen molar-refractivity contribution >= 4 is 35.8 Å². The lowest BCUT2D eigenvalue weighted by Gasteiger charge is -2.34. The standard InChI is InChI=1S/C20H40N4O2.HI/c1-7-21-20(22-12-9-18(15(3)4)26-8-2)23-17-10-13-24(14-11-17)19(25)16(5)6;/h15-18H,7-14H2,1-6H3,(H2,21,22,23);1H. The average Bonchev–Trinajstić information content (AvgIpc) is 2.60. The van der Waals surface area contributed by atoms with Crippen molar-refractivity contribution in [2.75, 3.05) is 32.8 Å². The van der Waals surface area contributed by atoms with E-state index in [1.807, 2.05) is 25.7 Å². The summed E-state index contributed by atoms with van der Waals surface area (Å²) in [5.41, 5.74) is 0. The number of nitrogens with zero attached hydrogens (tertiary/aromatic N) is 2. The van der Waals surface area contributed by atoms with Crippen LogP contribution in [0.2, 0.25) is 0 Å². The first kappa shape index (κ1) is 26.4. The molecule has 1 saturated heterocycles. The molecule has 1 aliphatic rings. The SMILES string of the molecule is CCNC(=NCCC(OCC)C(C)C)NC1CCN(C(=O)C(C)C)CC1.I. The van der Waals surface area contributed by atoms with Gasteiger partial charge in [0.1, 0.15) is 0 Å². The van der Waals surface area contributed by atoms with Crippen LogP contribution in [-0.4, -0.2) is 61.7 Å². The van der Waals surface area contributed by atoms with Gasteiger partial charge in [0.25, 0.3) is 0 Å². The van der Waals surface area contributed by atoms with Crippen molar-refractivity contribution in [1.29, 1.82) is 0 Å². The number of likely N-dealkylation sites (tertiary alicyclic amines) is 1. The van der Waals surface area contributed by atoms with Crippen LogP contribution in [0, 0.1) is 11.8 Å². The van der Waals surface area contributed by atoms with Crippen LogP contribution in [0.3, 0.4) is 0 Å². The largest absolute Gasteiger partial charge is 0.378 e. The molecule has 0 aromatic rings. The minimum absolute atomic E-state index is 0. The summed E-state index contributed by atoms with van der Waals surface area (Å²) in [6, 6.07) is 0.372. The Morgan fingerprint density at radius 3 is 2.30 bits per heavy atom. The molecule has 1 fully saturated rings. The fraction of sp³-hybridized carbons (Fsp3) is 0.900. The number of aliphatic imine (C=N–C) groups is 1. The van der Waals surface area contributed by atoms with Crippen LogP contribution in [0.25, 0.3) is 0 Å². The lowest BCUT2D eigenvalue weighted by atomic mass is 10.0. The van der Waals surface area contributed by atoms with Crippen molar-refractivity contribution in [1.82, 2.24) is 15.5 Å². The Bertz CT molecular complexity index is 436. The van der Waals surface area contributed by atoms with Crippen LogP contribution in [0.4, 0.5) is 0 Å². The highest BCUT2D eigenvalue weighted by molar-refractivity contribution is 14.0. The summed E-state index contributed by atoms with van der Waals surface area (Å²) in [5, 5.41) is 6.88. The minimum atomic E-state index is 0. The van der Waals surface area contributed by atoms with Gasteiger partial charge in [-0.1, -0.05) is 27.7 Å². The minimum Gasteiger partial charge on any atom is -0.378 e. The summed E-state index contributed by atoms with van der Waals surface area (Å²) in [7, 11) is 0. The Labute approximate surface area is 183 Å². The molecule has 0 aromatic carbocycles. The highest BCUT2D eigenvalue weighted by Gasteiger charge is 2.24. The fourth-order valence-electron chi connectivity index (χ4n) is 3.25. The molecule has 1 heterocycles. The Hall–Kier alpha value is -0.570. The highest BCUT2D eigenvalue weighted by Crippen LogP contribution is 2.14. The lowest BCUT2D eigenvalue weighted by Crippen LogP contribution is -2.50. The number of guanidine groups is 1. The van der Waals surface area contributed by atoms with Crippen molar-refractivity contribution in [3.63, 3.8) is 0 Å². The first-order chi connectivity index (χ1) is 12.4. The quantitative estimate of drug-likeness (QED) is 0.292. The van der Waals surface area contributed by atoms with Crippen molar-refractivity contribution in [2.45, 2.75) is 73.0 Å². The molecule has 1 amide bonds. The number of carbonyl (C=O) groups excluding carboxylic acids is 1. The van der Waals surface area contributed by atoms with E-state index in [1.54, 1.807) is 0 Å². The summed E-state index contributed by atoms with van der Waals surface area (Å²) < 4.78 is 5.80. The second-order valence-electron chi connectivity index (χ2n) is 7.69. The number of piperidine rings is 1. The molecule has 1 rings (SSSR count). The zero-order chi connectivity index (χ0) is 19.5. The van der Waals surface area contributed by atoms with Gasteiger partial charge < -0.3 is 20.3 Å². The van der Waals surface area contributed by atoms with Crippen LogP contribution in [-0.2, 0) is 9.53 Å². The molecule has 1 unspecified atom stereocenters. The number of hydrogen-bond donors (Lipinski definition) is 2. The molecule has 2 N–H and O–H groups in total. The predicted molar refractivity (Wildman–Crippen MR) is 124 cm³/mol. The van der Waals surface area contributed by atoms with E-state index in [4.69, 9.17) is 9.73 Å². The van der Waals surface area contributed by atoms with Gasteiger partial charge in [-0.05, 0) is 39.0 Å². The number of nitrogens with one attached hydrogen (secondary N) is 2. The molecule has 0 spiro atoms. The first-order valence-electron chi connectivity index (χ1n) is 10.3. The number of ether oxygens (including phenoxy) is 1. The molecule has 0 aliphatic carbocycles. The Balaban J connectivity index is 0.00000676. The second-order valence-corrected chi connectivity index (χ2v) is 7.69. The third-order valence-electron chi connectivity index (χ3n) is 4.79. The van der Waals surface area contributed by atoms with Gasteiger partial charge in [0.05, 0.1) is 6.10 Å². The van der Waals surface area contributed by atoms with Crippen LogP contribution in [0.15, 0.2) is 4.99 Å². The van der Waals surface area contributed by atoms with E-state index in [-0.39, 0.29) is 41.9 Å². The zero-order valence-corrected chi connectivity index (χ0v) is 20.4. The van der Waals surface area contributed by atoms with Crippen molar-refractivity contribution < 1.29 is 9.53 Å². The molecule has 0 saturated carbocycles. The first-order valence-corrected chi connectivity index (χ1v) is 10.3. The van der Waals surface area contributed by atoms with Crippen LogP contribution < -0.4 is 10.6 Å². The topological polar surface area (TPSA) is 66.0 Å². The Kier molecular flexibility index (Phi) is 14.1. The van der Waals surface area contributed by atoms with Crippen LogP contribution in [0.5, 0.6) is 0 Å². The molecule has 7 heteroatoms. The number of hydrogen-bond acceptors (Lipinski definition) is 3. The number of rotatable bonds is 9. The predicted octanol–water partition coefficient (Wildman–Crippen LogP) is 3.26. The normalized spacial score (nSPS) is 17.0. The lowest BCUT2D eigenvalue weighted by molar-refractivity contribution is -0.135. The van der Waals surface area contributed by atoms with E-state index in [1.165, 1.54) is 0 Å². The zero-order valence-electron chi connectivity index (χ0n) is 18.1. The van der Waals surface area contributed by atoms with Crippen molar-refractivity contribution in [3.05, 3.63) is 0 Å². The van der Waals surface area contributed by atoms with E-state index < -0.39 is 0 Å². The smallest absolute Gasteiger partial charge is 0.225 e. The molecule has 1 atom stereocenters. The molecule has 0 radical (unpaired) electrons. The molecular weight excluding hydrogens is 455 g/mol. The Morgan fingerprint density at radius 2 is 1.81 bits per heavy atom. The molecule has 6 nitrogen and oxygen atoms in total. The van der Waals surface area contributed by atoms with Gasteiger partial charge in [-0.2, -0.15) is 0 Å². The third-order valence-corrected chi connectivity index (χ3v) is 4.79. The Morgan fingerprint density at radius 1 is 1.19 bits per heavy atom. The fourth-order valence-corrected chi connectivity index (χ4v) is 3.25. The van der Waals surface area contributed by atoms with E-state index in [0.29, 0.717) is 12.0 Å². The van der Waals surface area contributed by atoms with Gasteiger partial charge in [0, 0.05) is 44.7 Å². The number of carbonyl (C=O) groups is 1. The molecule has 0 bridgehead atoms. The van der Waals surface area contributed by atoms with Gasteiger partial charge in [-0.15, -0.1) is 24.0 Å². The number of amides is 1. The monoisotopic (exact) mass is 496 g/mol. The maximum absolute atomic E-state index is 12.1. The van der Waals surface area contributed by atoms with Gasteiger partial charge >= 0.3 is 0 Å². The van der Waals surface area contributed by atoms with Crippen LogP contribution in [0.1, 0.15) is 60.8 Å². The van der Waals surface area contributed by atoms with E-state index in [0.717, 1.165) is 58.0 Å². The van der Waals surface area contributed by atoms with Crippen molar-refractivity contribution in [3.8, 4) is 0 Å². The maximum atomic E-state index is 12.1. The third kappa shape index (κ3) is 9.96. The summed E-state index contributed by atoms with van der Waals surface area (Å²) in [6.07, 6.45) is 3.13. The maximum Gasteiger partial charge on any atom is 0.225 e. The molecule has 27 heavy (non-hydrogen) atoms. The molecule has 0 aromatic heterocycles. The van der Waals surface area contributed by atoms with Gasteiger partial charge in [0.2, 0.25) is 5.91 Å². The second kappa shape index (κ2) is 14.4. The summed E-state index contributed by atoms with van der Waals surface area (Å²) in [5.74, 6) is 1.72. The molecular formula is C20H41IN4O2. The van der Waals surface area contributed by atoms with Gasteiger partial charge in [-0.25, -0.2) is 0 Å². The summed E-state index contributed by atoms with van der Waals surface area (Å²) in [6.45, 7) is 16.4. The van der Waals surface area contributed by atoms with Gasteiger partial charge in [-0.3, -0.25) is 9.79 Å². The number of halogens is 1.